The number of ether oxygens (including phenoxy) is 2. The van der Waals surface area contributed by atoms with Crippen molar-refractivity contribution >= 4 is 0 Å². The summed E-state index contributed by atoms with van der Waals surface area (Å²) >= 11 is 0. The number of hydrogen-bond acceptors (Lipinski definition) is 4. The van der Waals surface area contributed by atoms with E-state index in [1.165, 1.54) is 0 Å². The van der Waals surface area contributed by atoms with Crippen LogP contribution < -0.4 is 9.47 Å². The highest BCUT2D eigenvalue weighted by Gasteiger charge is 2.11. The summed E-state index contributed by atoms with van der Waals surface area (Å²) in [5.41, 5.74) is 1.54. The van der Waals surface area contributed by atoms with Crippen LogP contribution in [0, 0.1) is 0 Å². The van der Waals surface area contributed by atoms with Crippen LogP contribution in [0.2, 0.25) is 0 Å². The lowest BCUT2D eigenvalue weighted by Crippen LogP contribution is -2.03. The van der Waals surface area contributed by atoms with E-state index in [1.54, 1.807) is 4.68 Å². The third-order valence-electron chi connectivity index (χ3n) is 2.66. The molecule has 0 amide bonds. The first-order chi connectivity index (χ1) is 9.24. The van der Waals surface area contributed by atoms with Gasteiger partial charge in [-0.1, -0.05) is 12.1 Å². The molecule has 1 aromatic heterocycles. The van der Waals surface area contributed by atoms with Crippen LogP contribution in [0.3, 0.4) is 0 Å². The Balaban J connectivity index is 2.17. The van der Waals surface area contributed by atoms with Gasteiger partial charge in [-0.2, -0.15) is 5.10 Å². The van der Waals surface area contributed by atoms with E-state index in [9.17, 15) is 5.11 Å². The van der Waals surface area contributed by atoms with E-state index in [2.05, 4.69) is 5.10 Å². The lowest BCUT2D eigenvalue weighted by molar-refractivity contribution is 0.241. The van der Waals surface area contributed by atoms with Crippen LogP contribution in [-0.4, -0.2) is 21.5 Å². The summed E-state index contributed by atoms with van der Waals surface area (Å²) in [5.74, 6) is 1.22. The minimum absolute atomic E-state index is 0.0849. The van der Waals surface area contributed by atoms with E-state index >= 15 is 0 Å². The Morgan fingerprint density at radius 3 is 2.74 bits per heavy atom. The van der Waals surface area contributed by atoms with Crippen LogP contribution in [0.25, 0.3) is 0 Å². The summed E-state index contributed by atoms with van der Waals surface area (Å²) < 4.78 is 13.0. The van der Waals surface area contributed by atoms with Crippen molar-refractivity contribution in [1.82, 2.24) is 9.78 Å². The van der Waals surface area contributed by atoms with Crippen LogP contribution in [0.5, 0.6) is 11.5 Å². The highest BCUT2D eigenvalue weighted by atomic mass is 16.5. The molecule has 5 nitrogen and oxygen atoms in total. The smallest absolute Gasteiger partial charge is 0.167 e. The predicted octanol–water partition coefficient (Wildman–Crippen LogP) is 1.89. The van der Waals surface area contributed by atoms with Gasteiger partial charge in [-0.15, -0.1) is 0 Å². The SMILES string of the molecule is CCOc1cccc(CO)c1OCc1ccn(C)n1. The van der Waals surface area contributed by atoms with E-state index in [0.29, 0.717) is 30.3 Å². The summed E-state index contributed by atoms with van der Waals surface area (Å²) in [6, 6.07) is 7.37. The Morgan fingerprint density at radius 2 is 2.11 bits per heavy atom. The van der Waals surface area contributed by atoms with Crippen LogP contribution in [0.4, 0.5) is 0 Å². The molecule has 2 aromatic rings. The van der Waals surface area contributed by atoms with Gasteiger partial charge in [-0.25, -0.2) is 0 Å². The van der Waals surface area contributed by atoms with Crippen molar-refractivity contribution in [2.24, 2.45) is 7.05 Å². The number of aryl methyl sites for hydroxylation is 1. The maximum Gasteiger partial charge on any atom is 0.167 e. The fraction of sp³-hybridized carbons (Fsp3) is 0.357. The lowest BCUT2D eigenvalue weighted by atomic mass is 10.2. The fourth-order valence-corrected chi connectivity index (χ4v) is 1.81. The molecule has 102 valence electrons. The zero-order valence-corrected chi connectivity index (χ0v) is 11.2. The molecule has 2 rings (SSSR count). The molecule has 1 N–H and O–H groups in total. The molecule has 0 aliphatic heterocycles. The lowest BCUT2D eigenvalue weighted by Gasteiger charge is -2.14. The molecule has 5 heteroatoms. The van der Waals surface area contributed by atoms with Gasteiger partial charge in [0.2, 0.25) is 0 Å². The van der Waals surface area contributed by atoms with Gasteiger partial charge < -0.3 is 14.6 Å². The third-order valence-corrected chi connectivity index (χ3v) is 2.66. The quantitative estimate of drug-likeness (QED) is 0.863. The molecular formula is C14H18N2O3. The van der Waals surface area contributed by atoms with Crippen molar-refractivity contribution < 1.29 is 14.6 Å². The standard InChI is InChI=1S/C14H18N2O3/c1-3-18-13-6-4-5-11(9-17)14(13)19-10-12-7-8-16(2)15-12/h4-8,17H,3,9-10H2,1-2H3. The zero-order valence-electron chi connectivity index (χ0n) is 11.2. The minimum atomic E-state index is -0.0849. The van der Waals surface area contributed by atoms with Gasteiger partial charge in [0.05, 0.1) is 18.9 Å². The molecule has 19 heavy (non-hydrogen) atoms. The number of nitrogens with zero attached hydrogens (tertiary/aromatic N) is 2. The number of benzene rings is 1. The van der Waals surface area contributed by atoms with E-state index in [4.69, 9.17) is 9.47 Å². The maximum absolute atomic E-state index is 9.36. The van der Waals surface area contributed by atoms with E-state index in [0.717, 1.165) is 5.69 Å². The molecule has 0 saturated carbocycles. The van der Waals surface area contributed by atoms with Gasteiger partial charge in [0.15, 0.2) is 11.5 Å². The highest BCUT2D eigenvalue weighted by Crippen LogP contribution is 2.32. The van der Waals surface area contributed by atoms with Crippen molar-refractivity contribution in [3.8, 4) is 11.5 Å². The second-order valence-corrected chi connectivity index (χ2v) is 4.10. The van der Waals surface area contributed by atoms with Crippen molar-refractivity contribution in [3.05, 3.63) is 41.7 Å². The van der Waals surface area contributed by atoms with Crippen molar-refractivity contribution in [2.75, 3.05) is 6.61 Å². The molecular weight excluding hydrogens is 244 g/mol. The molecule has 0 fully saturated rings. The average Bonchev–Trinajstić information content (AvgIpc) is 2.83. The number of para-hydroxylation sites is 1. The Morgan fingerprint density at radius 1 is 1.26 bits per heavy atom. The van der Waals surface area contributed by atoms with Crippen molar-refractivity contribution in [1.29, 1.82) is 0 Å². The topological polar surface area (TPSA) is 56.5 Å². The van der Waals surface area contributed by atoms with Gasteiger partial charge in [0, 0.05) is 18.8 Å². The molecule has 0 bridgehead atoms. The van der Waals surface area contributed by atoms with E-state index in [-0.39, 0.29) is 6.61 Å². The first kappa shape index (κ1) is 13.4. The number of hydrogen-bond donors (Lipinski definition) is 1. The first-order valence-corrected chi connectivity index (χ1v) is 6.21. The third kappa shape index (κ3) is 3.26. The van der Waals surface area contributed by atoms with Crippen LogP contribution in [0.15, 0.2) is 30.5 Å². The average molecular weight is 262 g/mol. The summed E-state index contributed by atoms with van der Waals surface area (Å²) in [4.78, 5) is 0. The first-order valence-electron chi connectivity index (χ1n) is 6.21. The van der Waals surface area contributed by atoms with Gasteiger partial charge in [-0.3, -0.25) is 4.68 Å². The highest BCUT2D eigenvalue weighted by molar-refractivity contribution is 5.46. The Hall–Kier alpha value is -2.01. The van der Waals surface area contributed by atoms with Crippen molar-refractivity contribution in [3.63, 3.8) is 0 Å². The zero-order chi connectivity index (χ0) is 13.7. The fourth-order valence-electron chi connectivity index (χ4n) is 1.81. The number of aromatic nitrogens is 2. The number of aliphatic hydroxyl groups is 1. The van der Waals surface area contributed by atoms with Crippen LogP contribution in [0.1, 0.15) is 18.2 Å². The second kappa shape index (κ2) is 6.24. The summed E-state index contributed by atoms with van der Waals surface area (Å²) in [7, 11) is 1.86. The Labute approximate surface area is 112 Å². The van der Waals surface area contributed by atoms with Gasteiger partial charge in [0.25, 0.3) is 0 Å². The summed E-state index contributed by atoms with van der Waals surface area (Å²) in [5, 5.41) is 13.6. The predicted molar refractivity (Wildman–Crippen MR) is 71.1 cm³/mol. The molecule has 0 atom stereocenters. The Kier molecular flexibility index (Phi) is 4.41. The van der Waals surface area contributed by atoms with Crippen LogP contribution in [-0.2, 0) is 20.3 Å². The molecule has 0 aliphatic rings. The summed E-state index contributed by atoms with van der Waals surface area (Å²) in [6.45, 7) is 2.72. The normalized spacial score (nSPS) is 10.5. The number of rotatable bonds is 6. The molecule has 0 unspecified atom stereocenters. The van der Waals surface area contributed by atoms with E-state index in [1.807, 2.05) is 44.4 Å². The van der Waals surface area contributed by atoms with E-state index < -0.39 is 0 Å². The van der Waals surface area contributed by atoms with Crippen molar-refractivity contribution in [2.45, 2.75) is 20.1 Å². The molecule has 0 saturated heterocycles. The molecule has 0 spiro atoms. The second-order valence-electron chi connectivity index (χ2n) is 4.10. The van der Waals surface area contributed by atoms with Crippen LogP contribution >= 0.6 is 0 Å². The molecule has 1 aromatic carbocycles. The molecule has 1 heterocycles. The Bertz CT molecular complexity index is 537. The van der Waals surface area contributed by atoms with Gasteiger partial charge in [-0.05, 0) is 19.1 Å². The van der Waals surface area contributed by atoms with Gasteiger partial charge in [0.1, 0.15) is 6.61 Å². The van der Waals surface area contributed by atoms with Gasteiger partial charge >= 0.3 is 0 Å². The summed E-state index contributed by atoms with van der Waals surface area (Å²) in [6.07, 6.45) is 1.86. The number of aliphatic hydroxyl groups excluding tert-OH is 1. The molecule has 0 aliphatic carbocycles. The minimum Gasteiger partial charge on any atom is -0.490 e. The largest absolute Gasteiger partial charge is 0.490 e. The maximum atomic E-state index is 9.36. The monoisotopic (exact) mass is 262 g/mol. The molecule has 0 radical (unpaired) electrons.